The summed E-state index contributed by atoms with van der Waals surface area (Å²) >= 11 is 1.98. The molecule has 0 spiro atoms. The van der Waals surface area contributed by atoms with Gasteiger partial charge in [0, 0.05) is 30.6 Å². The van der Waals surface area contributed by atoms with Crippen molar-refractivity contribution in [3.8, 4) is 0 Å². The van der Waals surface area contributed by atoms with Gasteiger partial charge in [0.05, 0.1) is 6.54 Å². The number of primary amides is 1. The lowest BCUT2D eigenvalue weighted by molar-refractivity contribution is 0.0972. The highest BCUT2D eigenvalue weighted by molar-refractivity contribution is 14.0. The Balaban J connectivity index is 0.00000242. The number of nitrogens with one attached hydrogen (secondary N) is 1. The number of carbonyl (C=O) groups is 1. The first-order valence-corrected chi connectivity index (χ1v) is 7.88. The van der Waals surface area contributed by atoms with Crippen LogP contribution in [0.1, 0.15) is 30.2 Å². The number of thioether (sulfide) groups is 1. The summed E-state index contributed by atoms with van der Waals surface area (Å²) in [6.07, 6.45) is 0. The van der Waals surface area contributed by atoms with Crippen LogP contribution in [0.15, 0.2) is 21.5 Å². The normalized spacial score (nSPS) is 17.8. The van der Waals surface area contributed by atoms with Crippen LogP contribution < -0.4 is 11.1 Å². The molecule has 2 heterocycles. The van der Waals surface area contributed by atoms with Crippen LogP contribution in [0.5, 0.6) is 0 Å². The molecule has 0 aliphatic carbocycles. The van der Waals surface area contributed by atoms with Crippen molar-refractivity contribution in [2.24, 2.45) is 10.7 Å². The maximum absolute atomic E-state index is 11.0. The molecule has 2 rings (SSSR count). The summed E-state index contributed by atoms with van der Waals surface area (Å²) < 4.78 is 5.58. The number of carbonyl (C=O) groups excluding carboxylic acids is 1. The highest BCUT2D eigenvalue weighted by Gasteiger charge is 2.28. The Bertz CT molecular complexity index is 545. The third-order valence-electron chi connectivity index (χ3n) is 3.26. The molecule has 1 amide bonds. The Morgan fingerprint density at radius 3 is 2.82 bits per heavy atom. The molecule has 1 saturated heterocycles. The first-order valence-electron chi connectivity index (χ1n) is 6.89. The van der Waals surface area contributed by atoms with Gasteiger partial charge in [-0.15, -0.1) is 24.0 Å². The van der Waals surface area contributed by atoms with Crippen molar-refractivity contribution < 1.29 is 9.21 Å². The maximum Gasteiger partial charge on any atom is 0.284 e. The predicted molar refractivity (Wildman–Crippen MR) is 101 cm³/mol. The standard InChI is InChI=1S/C14H22N4O2S.HI/c1-14(2)9-18(6-7-21-14)13(16-3)17-8-10-4-5-11(20-10)12(15)19;/h4-5H,6-9H2,1-3H3,(H2,15,19)(H,16,17);1H. The van der Waals surface area contributed by atoms with Crippen molar-refractivity contribution in [3.63, 3.8) is 0 Å². The molecule has 0 bridgehead atoms. The fourth-order valence-electron chi connectivity index (χ4n) is 2.30. The van der Waals surface area contributed by atoms with E-state index in [2.05, 4.69) is 29.1 Å². The lowest BCUT2D eigenvalue weighted by Gasteiger charge is -2.39. The molecule has 1 aromatic heterocycles. The molecule has 0 aromatic carbocycles. The number of guanidine groups is 1. The number of furan rings is 1. The molecule has 3 N–H and O–H groups in total. The van der Waals surface area contributed by atoms with Gasteiger partial charge >= 0.3 is 0 Å². The third-order valence-corrected chi connectivity index (χ3v) is 4.56. The zero-order valence-electron chi connectivity index (χ0n) is 13.1. The van der Waals surface area contributed by atoms with Crippen LogP contribution in [0, 0.1) is 0 Å². The van der Waals surface area contributed by atoms with Crippen molar-refractivity contribution >= 4 is 47.6 Å². The minimum absolute atomic E-state index is 0. The average molecular weight is 438 g/mol. The Kier molecular flexibility index (Phi) is 7.04. The van der Waals surface area contributed by atoms with Crippen LogP contribution in [0.2, 0.25) is 0 Å². The molecule has 8 heteroatoms. The van der Waals surface area contributed by atoms with Crippen molar-refractivity contribution in [2.75, 3.05) is 25.9 Å². The van der Waals surface area contributed by atoms with Gasteiger partial charge < -0.3 is 20.4 Å². The molecular formula is C14H23IN4O2S. The summed E-state index contributed by atoms with van der Waals surface area (Å²) in [5.41, 5.74) is 5.17. The van der Waals surface area contributed by atoms with E-state index in [1.54, 1.807) is 19.2 Å². The summed E-state index contributed by atoms with van der Waals surface area (Å²) in [6.45, 7) is 6.87. The van der Waals surface area contributed by atoms with Crippen molar-refractivity contribution in [2.45, 2.75) is 25.1 Å². The first kappa shape index (κ1) is 19.1. The zero-order chi connectivity index (χ0) is 15.5. The largest absolute Gasteiger partial charge is 0.454 e. The minimum Gasteiger partial charge on any atom is -0.454 e. The number of halogens is 1. The van der Waals surface area contributed by atoms with Gasteiger partial charge in [0.15, 0.2) is 11.7 Å². The van der Waals surface area contributed by atoms with Gasteiger partial charge in [-0.1, -0.05) is 0 Å². The molecule has 0 radical (unpaired) electrons. The Labute approximate surface area is 152 Å². The Morgan fingerprint density at radius 2 is 2.27 bits per heavy atom. The molecule has 124 valence electrons. The summed E-state index contributed by atoms with van der Waals surface area (Å²) in [5.74, 6) is 2.22. The molecule has 6 nitrogen and oxygen atoms in total. The lowest BCUT2D eigenvalue weighted by atomic mass is 10.2. The van der Waals surface area contributed by atoms with Crippen molar-refractivity contribution in [1.29, 1.82) is 0 Å². The fourth-order valence-corrected chi connectivity index (χ4v) is 3.41. The minimum atomic E-state index is -0.555. The van der Waals surface area contributed by atoms with Crippen LogP contribution in [0.3, 0.4) is 0 Å². The molecule has 0 saturated carbocycles. The number of aliphatic imine (C=N–C) groups is 1. The van der Waals surface area contributed by atoms with Crippen molar-refractivity contribution in [1.82, 2.24) is 10.2 Å². The van der Waals surface area contributed by atoms with Crippen LogP contribution in [0.25, 0.3) is 0 Å². The topological polar surface area (TPSA) is 83.9 Å². The fraction of sp³-hybridized carbons (Fsp3) is 0.571. The summed E-state index contributed by atoms with van der Waals surface area (Å²) in [6, 6.07) is 3.33. The van der Waals surface area contributed by atoms with E-state index in [4.69, 9.17) is 10.2 Å². The maximum atomic E-state index is 11.0. The number of hydrogen-bond donors (Lipinski definition) is 2. The van der Waals surface area contributed by atoms with E-state index in [1.807, 2.05) is 11.8 Å². The van der Waals surface area contributed by atoms with E-state index in [-0.39, 0.29) is 34.5 Å². The number of nitrogens with two attached hydrogens (primary N) is 1. The molecule has 1 aromatic rings. The van der Waals surface area contributed by atoms with Gasteiger partial charge in [-0.2, -0.15) is 11.8 Å². The van der Waals surface area contributed by atoms with E-state index in [0.717, 1.165) is 24.8 Å². The number of amides is 1. The summed E-state index contributed by atoms with van der Waals surface area (Å²) in [4.78, 5) is 17.6. The highest BCUT2D eigenvalue weighted by Crippen LogP contribution is 2.29. The molecule has 0 unspecified atom stereocenters. The number of hydrogen-bond acceptors (Lipinski definition) is 4. The van der Waals surface area contributed by atoms with Gasteiger partial charge in [0.1, 0.15) is 5.76 Å². The van der Waals surface area contributed by atoms with E-state index in [1.165, 1.54) is 0 Å². The molecular weight excluding hydrogens is 415 g/mol. The third kappa shape index (κ3) is 5.08. The lowest BCUT2D eigenvalue weighted by Crippen LogP contribution is -2.50. The van der Waals surface area contributed by atoms with Crippen LogP contribution in [-0.4, -0.2) is 47.4 Å². The van der Waals surface area contributed by atoms with Crippen LogP contribution in [0.4, 0.5) is 0 Å². The quantitative estimate of drug-likeness (QED) is 0.428. The van der Waals surface area contributed by atoms with Crippen LogP contribution >= 0.6 is 35.7 Å². The first-order chi connectivity index (χ1) is 9.91. The monoisotopic (exact) mass is 438 g/mol. The SMILES string of the molecule is CN=C(NCc1ccc(C(N)=O)o1)N1CCSC(C)(C)C1.I. The second kappa shape index (κ2) is 8.09. The van der Waals surface area contributed by atoms with Gasteiger partial charge in [0.2, 0.25) is 0 Å². The van der Waals surface area contributed by atoms with E-state index < -0.39 is 5.91 Å². The molecule has 0 atom stereocenters. The van der Waals surface area contributed by atoms with Gasteiger partial charge in [-0.3, -0.25) is 9.79 Å². The highest BCUT2D eigenvalue weighted by atomic mass is 127. The van der Waals surface area contributed by atoms with Crippen LogP contribution in [-0.2, 0) is 6.54 Å². The second-order valence-electron chi connectivity index (χ2n) is 5.56. The molecule has 1 aliphatic rings. The molecule has 22 heavy (non-hydrogen) atoms. The van der Waals surface area contributed by atoms with E-state index in [9.17, 15) is 4.79 Å². The smallest absolute Gasteiger partial charge is 0.284 e. The zero-order valence-corrected chi connectivity index (χ0v) is 16.2. The number of rotatable bonds is 3. The summed E-state index contributed by atoms with van der Waals surface area (Å²) in [7, 11) is 1.77. The van der Waals surface area contributed by atoms with Crippen molar-refractivity contribution in [3.05, 3.63) is 23.7 Å². The van der Waals surface area contributed by atoms with E-state index in [0.29, 0.717) is 12.3 Å². The molecule has 1 fully saturated rings. The van der Waals surface area contributed by atoms with E-state index >= 15 is 0 Å². The van der Waals surface area contributed by atoms with Gasteiger partial charge in [-0.05, 0) is 26.0 Å². The van der Waals surface area contributed by atoms with Gasteiger partial charge in [-0.25, -0.2) is 0 Å². The Morgan fingerprint density at radius 1 is 1.55 bits per heavy atom. The average Bonchev–Trinajstić information content (AvgIpc) is 2.87. The Hall–Kier alpha value is -0.900. The number of nitrogens with zero attached hydrogens (tertiary/aromatic N) is 2. The molecule has 1 aliphatic heterocycles. The summed E-state index contributed by atoms with van der Waals surface area (Å²) in [5, 5.41) is 3.27. The predicted octanol–water partition coefficient (Wildman–Crippen LogP) is 1.90. The van der Waals surface area contributed by atoms with Gasteiger partial charge in [0.25, 0.3) is 5.91 Å². The second-order valence-corrected chi connectivity index (χ2v) is 7.36.